The Morgan fingerprint density at radius 3 is 2.42 bits per heavy atom. The Kier molecular flexibility index (Phi) is 3.79. The summed E-state index contributed by atoms with van der Waals surface area (Å²) in [5.41, 5.74) is 2.24. The second-order valence-corrected chi connectivity index (χ2v) is 8.49. The zero-order valence-corrected chi connectivity index (χ0v) is 15.2. The highest BCUT2D eigenvalue weighted by molar-refractivity contribution is 6.33. The predicted molar refractivity (Wildman–Crippen MR) is 95.5 cm³/mol. The summed E-state index contributed by atoms with van der Waals surface area (Å²) < 4.78 is 2.09. The third-order valence-corrected chi connectivity index (χ3v) is 5.68. The van der Waals surface area contributed by atoms with Gasteiger partial charge in [-0.1, -0.05) is 37.6 Å². The second-order valence-electron chi connectivity index (χ2n) is 8.08. The molecule has 2 aliphatic rings. The van der Waals surface area contributed by atoms with Gasteiger partial charge in [0.2, 0.25) is 0 Å². The fraction of sp³-hybridized carbons (Fsp3) is 0.611. The summed E-state index contributed by atoms with van der Waals surface area (Å²) in [4.78, 5) is 6.63. The first kappa shape index (κ1) is 15.9. The van der Waals surface area contributed by atoms with Crippen LogP contribution >= 0.6 is 11.6 Å². The van der Waals surface area contributed by atoms with Crippen molar-refractivity contribution in [3.8, 4) is 0 Å². The molecule has 6 heteroatoms. The summed E-state index contributed by atoms with van der Waals surface area (Å²) in [6.07, 6.45) is 10.4. The van der Waals surface area contributed by atoms with E-state index in [1.807, 2.05) is 12.3 Å². The molecule has 2 atom stereocenters. The Bertz CT molecular complexity index is 721. The minimum absolute atomic E-state index is 0.0441. The summed E-state index contributed by atoms with van der Waals surface area (Å²) in [6.45, 7) is 6.54. The van der Waals surface area contributed by atoms with Crippen LogP contribution in [0.4, 0.5) is 5.69 Å². The Morgan fingerprint density at radius 1 is 1.12 bits per heavy atom. The molecule has 24 heavy (non-hydrogen) atoms. The maximum atomic E-state index is 6.39. The van der Waals surface area contributed by atoms with Crippen LogP contribution in [-0.2, 0) is 5.41 Å². The molecule has 0 aliphatic carbocycles. The molecule has 0 saturated carbocycles. The fourth-order valence-electron chi connectivity index (χ4n) is 4.13. The average molecular weight is 346 g/mol. The van der Waals surface area contributed by atoms with Crippen molar-refractivity contribution in [1.29, 1.82) is 0 Å². The summed E-state index contributed by atoms with van der Waals surface area (Å²) in [5, 5.41) is 9.58. The third kappa shape index (κ3) is 2.69. The molecule has 0 N–H and O–H groups in total. The van der Waals surface area contributed by atoms with E-state index in [1.165, 1.54) is 12.8 Å². The molecule has 0 radical (unpaired) electrons. The van der Waals surface area contributed by atoms with Gasteiger partial charge in [0.15, 0.2) is 0 Å². The number of anilines is 1. The van der Waals surface area contributed by atoms with Crippen molar-refractivity contribution >= 4 is 17.3 Å². The maximum Gasteiger partial charge on any atom is 0.0880 e. The van der Waals surface area contributed by atoms with E-state index in [0.717, 1.165) is 29.2 Å². The van der Waals surface area contributed by atoms with E-state index in [0.29, 0.717) is 18.1 Å². The van der Waals surface area contributed by atoms with E-state index in [-0.39, 0.29) is 5.41 Å². The van der Waals surface area contributed by atoms with Gasteiger partial charge in [-0.3, -0.25) is 4.98 Å². The van der Waals surface area contributed by atoms with E-state index in [9.17, 15) is 0 Å². The summed E-state index contributed by atoms with van der Waals surface area (Å²) in [6, 6.07) is 3.52. The summed E-state index contributed by atoms with van der Waals surface area (Å²) in [5.74, 6) is 0. The van der Waals surface area contributed by atoms with Gasteiger partial charge in [-0.15, -0.1) is 5.10 Å². The lowest BCUT2D eigenvalue weighted by Crippen LogP contribution is -2.43. The third-order valence-electron chi connectivity index (χ3n) is 5.39. The van der Waals surface area contributed by atoms with Crippen LogP contribution in [0.1, 0.15) is 58.2 Å². The molecule has 2 aromatic rings. The topological polar surface area (TPSA) is 46.8 Å². The number of pyridine rings is 1. The minimum Gasteiger partial charge on any atom is -0.364 e. The van der Waals surface area contributed by atoms with Gasteiger partial charge in [-0.05, 0) is 31.7 Å². The summed E-state index contributed by atoms with van der Waals surface area (Å²) >= 11 is 6.39. The molecular weight excluding hydrogens is 322 g/mol. The quantitative estimate of drug-likeness (QED) is 0.825. The fourth-order valence-corrected chi connectivity index (χ4v) is 4.35. The standard InChI is InChI=1S/C18H24ClN5/c1-18(2,3)17-11-23(22-21-17)14-8-12-4-5-13(9-14)24(12)16-6-7-20-10-15(16)19/h6-7,10-14H,4-5,8-9H2,1-3H3. The van der Waals surface area contributed by atoms with Gasteiger partial charge in [0.25, 0.3) is 0 Å². The largest absolute Gasteiger partial charge is 0.364 e. The van der Waals surface area contributed by atoms with Crippen molar-refractivity contribution in [2.45, 2.75) is 70.0 Å². The van der Waals surface area contributed by atoms with Crippen LogP contribution < -0.4 is 4.90 Å². The highest BCUT2D eigenvalue weighted by atomic mass is 35.5. The first-order valence-corrected chi connectivity index (χ1v) is 9.11. The van der Waals surface area contributed by atoms with Gasteiger partial charge in [0.1, 0.15) is 0 Å². The van der Waals surface area contributed by atoms with Crippen LogP contribution in [0, 0.1) is 0 Å². The Labute approximate surface area is 148 Å². The predicted octanol–water partition coefficient (Wildman–Crippen LogP) is 4.00. The maximum absolute atomic E-state index is 6.39. The number of rotatable bonds is 2. The molecule has 2 aliphatic heterocycles. The van der Waals surface area contributed by atoms with E-state index in [4.69, 9.17) is 11.6 Å². The SMILES string of the molecule is CC(C)(C)c1cn(C2CC3CCC(C2)N3c2ccncc2Cl)nn1. The van der Waals surface area contributed by atoms with Crippen LogP contribution in [0.15, 0.2) is 24.7 Å². The molecule has 0 spiro atoms. The van der Waals surface area contributed by atoms with Gasteiger partial charge >= 0.3 is 0 Å². The monoisotopic (exact) mass is 345 g/mol. The van der Waals surface area contributed by atoms with E-state index >= 15 is 0 Å². The first-order valence-electron chi connectivity index (χ1n) is 8.73. The number of fused-ring (bicyclic) bond motifs is 2. The lowest BCUT2D eigenvalue weighted by Gasteiger charge is -2.40. The molecule has 0 aromatic carbocycles. The van der Waals surface area contributed by atoms with Crippen molar-refractivity contribution in [3.05, 3.63) is 35.4 Å². The molecule has 4 rings (SSSR count). The van der Waals surface area contributed by atoms with Gasteiger partial charge in [0, 0.05) is 36.1 Å². The van der Waals surface area contributed by atoms with Crippen molar-refractivity contribution in [1.82, 2.24) is 20.0 Å². The zero-order valence-electron chi connectivity index (χ0n) is 14.5. The number of nitrogens with zero attached hydrogens (tertiary/aromatic N) is 5. The van der Waals surface area contributed by atoms with E-state index in [2.05, 4.69) is 51.8 Å². The lowest BCUT2D eigenvalue weighted by molar-refractivity contribution is 0.310. The molecule has 0 amide bonds. The van der Waals surface area contributed by atoms with Crippen LogP contribution in [0.3, 0.4) is 0 Å². The smallest absolute Gasteiger partial charge is 0.0880 e. The van der Waals surface area contributed by atoms with Gasteiger partial charge in [0.05, 0.1) is 22.4 Å². The van der Waals surface area contributed by atoms with Gasteiger partial charge in [-0.25, -0.2) is 4.68 Å². The molecular formula is C18H24ClN5. The number of halogens is 1. The number of hydrogen-bond acceptors (Lipinski definition) is 4. The highest BCUT2D eigenvalue weighted by Crippen LogP contribution is 2.44. The normalized spacial score (nSPS) is 26.8. The van der Waals surface area contributed by atoms with Crippen LogP contribution in [0.2, 0.25) is 5.02 Å². The number of hydrogen-bond donors (Lipinski definition) is 0. The number of aromatic nitrogens is 4. The molecule has 2 aromatic heterocycles. The average Bonchev–Trinajstić information content (AvgIpc) is 3.11. The molecule has 128 valence electrons. The Balaban J connectivity index is 1.57. The van der Waals surface area contributed by atoms with E-state index in [1.54, 1.807) is 6.20 Å². The molecule has 2 saturated heterocycles. The summed E-state index contributed by atoms with van der Waals surface area (Å²) in [7, 11) is 0. The zero-order chi connectivity index (χ0) is 16.9. The molecule has 5 nitrogen and oxygen atoms in total. The first-order chi connectivity index (χ1) is 11.4. The molecule has 2 unspecified atom stereocenters. The van der Waals surface area contributed by atoms with Crippen molar-refractivity contribution in [2.75, 3.05) is 4.90 Å². The van der Waals surface area contributed by atoms with Crippen molar-refractivity contribution < 1.29 is 0 Å². The Hall–Kier alpha value is -1.62. The molecule has 2 bridgehead atoms. The minimum atomic E-state index is 0.0441. The Morgan fingerprint density at radius 2 is 1.83 bits per heavy atom. The van der Waals surface area contributed by atoms with Crippen molar-refractivity contribution in [2.24, 2.45) is 0 Å². The highest BCUT2D eigenvalue weighted by Gasteiger charge is 2.42. The number of piperidine rings is 1. The van der Waals surface area contributed by atoms with Crippen LogP contribution in [0.5, 0.6) is 0 Å². The second kappa shape index (κ2) is 5.73. The molecule has 4 heterocycles. The lowest BCUT2D eigenvalue weighted by atomic mass is 9.93. The van der Waals surface area contributed by atoms with Crippen LogP contribution in [0.25, 0.3) is 0 Å². The van der Waals surface area contributed by atoms with Crippen molar-refractivity contribution in [3.63, 3.8) is 0 Å². The van der Waals surface area contributed by atoms with Gasteiger partial charge in [-0.2, -0.15) is 0 Å². The van der Waals surface area contributed by atoms with Gasteiger partial charge < -0.3 is 4.90 Å². The van der Waals surface area contributed by atoms with E-state index < -0.39 is 0 Å². The van der Waals surface area contributed by atoms with Crippen LogP contribution in [-0.4, -0.2) is 32.1 Å². The molecule has 2 fully saturated rings.